The number of methoxy groups -OCH3 is 1. The van der Waals surface area contributed by atoms with Crippen LogP contribution in [0.4, 0.5) is 11.4 Å². The molecule has 1 amide bonds. The fourth-order valence-corrected chi connectivity index (χ4v) is 6.18. The highest BCUT2D eigenvalue weighted by Gasteiger charge is 2.37. The Kier molecular flexibility index (Phi) is 7.41. The lowest BCUT2D eigenvalue weighted by molar-refractivity contribution is -0.122. The monoisotopic (exact) mass is 497 g/mol. The van der Waals surface area contributed by atoms with Gasteiger partial charge in [0.15, 0.2) is 5.17 Å². The zero-order chi connectivity index (χ0) is 24.5. The van der Waals surface area contributed by atoms with Gasteiger partial charge in [-0.05, 0) is 86.3 Å². The number of amidine groups is 1. The van der Waals surface area contributed by atoms with Crippen molar-refractivity contribution in [2.75, 3.05) is 31.7 Å². The molecule has 5 nitrogen and oxygen atoms in total. The van der Waals surface area contributed by atoms with Gasteiger partial charge in [-0.1, -0.05) is 36.7 Å². The standard InChI is InChI=1S/C27H32ClN3O2S/c1-6-31-23-16-22(28)19(14-21(23)18(2)17-27(31,3)4)15-24-25(32)30(12-13-33-5)26(34-24)29-20-10-8-7-9-11-20/h7-11,14-16,18H,6,12-13,17H2,1-5H3/b24-15+,29-26?. The summed E-state index contributed by atoms with van der Waals surface area (Å²) >= 11 is 8.16. The molecule has 0 spiro atoms. The van der Waals surface area contributed by atoms with Crippen LogP contribution in [0.25, 0.3) is 6.08 Å². The number of rotatable bonds is 6. The Hall–Kier alpha value is -2.28. The maximum absolute atomic E-state index is 13.3. The number of benzene rings is 2. The molecular weight excluding hydrogens is 466 g/mol. The molecule has 4 rings (SSSR count). The van der Waals surface area contributed by atoms with Crippen molar-refractivity contribution < 1.29 is 9.53 Å². The molecule has 1 saturated heterocycles. The van der Waals surface area contributed by atoms with Crippen LogP contribution in [0.5, 0.6) is 0 Å². The zero-order valence-corrected chi connectivity index (χ0v) is 22.0. The summed E-state index contributed by atoms with van der Waals surface area (Å²) in [4.78, 5) is 22.8. The SMILES string of the molecule is CCN1c2cc(Cl)c(/C=C3/SC(=Nc4ccccc4)N(CCOC)C3=O)cc2C(C)CC1(C)C. The zero-order valence-electron chi connectivity index (χ0n) is 20.5. The Labute approximate surface area is 211 Å². The fraction of sp³-hybridized carbons (Fsp3) is 0.407. The first kappa shape index (κ1) is 24.8. The van der Waals surface area contributed by atoms with E-state index in [1.54, 1.807) is 12.0 Å². The van der Waals surface area contributed by atoms with Crippen molar-refractivity contribution in [1.82, 2.24) is 4.90 Å². The van der Waals surface area contributed by atoms with E-state index in [4.69, 9.17) is 21.3 Å². The van der Waals surface area contributed by atoms with Gasteiger partial charge in [0.2, 0.25) is 0 Å². The summed E-state index contributed by atoms with van der Waals surface area (Å²) in [6, 6.07) is 13.9. The molecule has 34 heavy (non-hydrogen) atoms. The van der Waals surface area contributed by atoms with Gasteiger partial charge in [0, 0.05) is 29.9 Å². The number of ether oxygens (including phenoxy) is 1. The van der Waals surface area contributed by atoms with Crippen molar-refractivity contribution in [1.29, 1.82) is 0 Å². The molecule has 2 aliphatic heterocycles. The number of thioether (sulfide) groups is 1. The van der Waals surface area contributed by atoms with E-state index in [1.807, 2.05) is 36.4 Å². The van der Waals surface area contributed by atoms with Crippen LogP contribution in [0.3, 0.4) is 0 Å². The Balaban J connectivity index is 1.72. The van der Waals surface area contributed by atoms with Gasteiger partial charge in [0.05, 0.1) is 23.7 Å². The lowest BCUT2D eigenvalue weighted by Gasteiger charge is -2.47. The Morgan fingerprint density at radius 1 is 1.26 bits per heavy atom. The molecule has 0 aromatic heterocycles. The molecule has 2 heterocycles. The average Bonchev–Trinajstić information content (AvgIpc) is 3.07. The second-order valence-corrected chi connectivity index (χ2v) is 10.8. The summed E-state index contributed by atoms with van der Waals surface area (Å²) in [7, 11) is 1.63. The van der Waals surface area contributed by atoms with Gasteiger partial charge < -0.3 is 9.64 Å². The van der Waals surface area contributed by atoms with Crippen LogP contribution in [0.15, 0.2) is 52.4 Å². The van der Waals surface area contributed by atoms with E-state index in [2.05, 4.69) is 44.7 Å². The lowest BCUT2D eigenvalue weighted by atomic mass is 9.79. The minimum atomic E-state index is -0.0742. The van der Waals surface area contributed by atoms with Crippen molar-refractivity contribution >= 4 is 51.9 Å². The summed E-state index contributed by atoms with van der Waals surface area (Å²) in [5.41, 5.74) is 4.22. The van der Waals surface area contributed by atoms with Crippen LogP contribution in [-0.4, -0.2) is 48.3 Å². The Bertz CT molecular complexity index is 1130. The van der Waals surface area contributed by atoms with Gasteiger partial charge >= 0.3 is 0 Å². The van der Waals surface area contributed by atoms with Crippen LogP contribution in [-0.2, 0) is 9.53 Å². The molecule has 0 bridgehead atoms. The van der Waals surface area contributed by atoms with Crippen molar-refractivity contribution in [3.8, 4) is 0 Å². The number of aliphatic imine (C=N–C) groups is 1. The lowest BCUT2D eigenvalue weighted by Crippen LogP contribution is -2.48. The van der Waals surface area contributed by atoms with Gasteiger partial charge in [-0.3, -0.25) is 9.69 Å². The fourth-order valence-electron chi connectivity index (χ4n) is 4.96. The van der Waals surface area contributed by atoms with Crippen LogP contribution in [0.1, 0.15) is 51.2 Å². The predicted octanol–water partition coefficient (Wildman–Crippen LogP) is 6.70. The van der Waals surface area contributed by atoms with E-state index in [0.717, 1.165) is 24.2 Å². The van der Waals surface area contributed by atoms with E-state index in [1.165, 1.54) is 23.0 Å². The molecule has 0 N–H and O–H groups in total. The van der Waals surface area contributed by atoms with Crippen molar-refractivity contribution in [2.24, 2.45) is 4.99 Å². The highest BCUT2D eigenvalue weighted by Crippen LogP contribution is 2.46. The van der Waals surface area contributed by atoms with Gasteiger partial charge in [-0.2, -0.15) is 0 Å². The summed E-state index contributed by atoms with van der Waals surface area (Å²) in [5.74, 6) is 0.331. The third-order valence-electron chi connectivity index (χ3n) is 6.49. The summed E-state index contributed by atoms with van der Waals surface area (Å²) in [6.07, 6.45) is 2.98. The number of carbonyl (C=O) groups is 1. The minimum absolute atomic E-state index is 0.0742. The molecule has 1 unspecified atom stereocenters. The third-order valence-corrected chi connectivity index (χ3v) is 7.83. The summed E-state index contributed by atoms with van der Waals surface area (Å²) in [6.45, 7) is 10.8. The van der Waals surface area contributed by atoms with Crippen molar-refractivity contribution in [3.05, 3.63) is 63.5 Å². The number of para-hydroxylation sites is 1. The van der Waals surface area contributed by atoms with E-state index in [-0.39, 0.29) is 11.4 Å². The quantitative estimate of drug-likeness (QED) is 0.416. The molecule has 7 heteroatoms. The van der Waals surface area contributed by atoms with Crippen LogP contribution < -0.4 is 4.90 Å². The topological polar surface area (TPSA) is 45.1 Å². The molecule has 2 aromatic carbocycles. The number of fused-ring (bicyclic) bond motifs is 1. The third kappa shape index (κ3) is 4.90. The normalized spacial score (nSPS) is 22.1. The molecule has 1 fully saturated rings. The highest BCUT2D eigenvalue weighted by atomic mass is 35.5. The molecule has 2 aromatic rings. The van der Waals surface area contributed by atoms with Crippen LogP contribution in [0, 0.1) is 0 Å². The summed E-state index contributed by atoms with van der Waals surface area (Å²) in [5, 5.41) is 1.31. The first-order valence-corrected chi connectivity index (χ1v) is 12.9. The number of hydrogen-bond acceptors (Lipinski definition) is 5. The van der Waals surface area contributed by atoms with Gasteiger partial charge in [0.1, 0.15) is 0 Å². The molecule has 0 radical (unpaired) electrons. The van der Waals surface area contributed by atoms with E-state index < -0.39 is 0 Å². The molecule has 180 valence electrons. The Morgan fingerprint density at radius 3 is 2.68 bits per heavy atom. The second-order valence-electron chi connectivity index (χ2n) is 9.38. The number of nitrogens with zero attached hydrogens (tertiary/aromatic N) is 3. The van der Waals surface area contributed by atoms with E-state index in [9.17, 15) is 4.79 Å². The van der Waals surface area contributed by atoms with E-state index in [0.29, 0.717) is 34.2 Å². The average molecular weight is 498 g/mol. The largest absolute Gasteiger partial charge is 0.383 e. The molecular formula is C27H32ClN3O2S. The van der Waals surface area contributed by atoms with Crippen molar-refractivity contribution in [3.63, 3.8) is 0 Å². The number of anilines is 1. The predicted molar refractivity (Wildman–Crippen MR) is 144 cm³/mol. The minimum Gasteiger partial charge on any atom is -0.383 e. The molecule has 2 aliphatic rings. The van der Waals surface area contributed by atoms with E-state index >= 15 is 0 Å². The first-order chi connectivity index (χ1) is 16.2. The van der Waals surface area contributed by atoms with Gasteiger partial charge in [0.25, 0.3) is 5.91 Å². The maximum Gasteiger partial charge on any atom is 0.266 e. The van der Waals surface area contributed by atoms with Crippen LogP contribution in [0.2, 0.25) is 5.02 Å². The second kappa shape index (κ2) is 10.1. The molecule has 1 atom stereocenters. The number of halogens is 1. The van der Waals surface area contributed by atoms with Crippen LogP contribution >= 0.6 is 23.4 Å². The van der Waals surface area contributed by atoms with Gasteiger partial charge in [-0.15, -0.1) is 0 Å². The summed E-state index contributed by atoms with van der Waals surface area (Å²) < 4.78 is 5.23. The van der Waals surface area contributed by atoms with Crippen molar-refractivity contribution in [2.45, 2.75) is 45.6 Å². The number of hydrogen-bond donors (Lipinski definition) is 0. The number of amides is 1. The smallest absolute Gasteiger partial charge is 0.266 e. The first-order valence-electron chi connectivity index (χ1n) is 11.7. The Morgan fingerprint density at radius 2 is 2.00 bits per heavy atom. The number of carbonyl (C=O) groups excluding carboxylic acids is 1. The highest BCUT2D eigenvalue weighted by molar-refractivity contribution is 8.18. The molecule has 0 aliphatic carbocycles. The van der Waals surface area contributed by atoms with Gasteiger partial charge in [-0.25, -0.2) is 4.99 Å². The maximum atomic E-state index is 13.3. The molecule has 0 saturated carbocycles.